The average molecular weight is 414 g/mol. The monoisotopic (exact) mass is 414 g/mol. The molecular formula is C23H22N6O2. The molecule has 2 aromatic heterocycles. The predicted molar refractivity (Wildman–Crippen MR) is 120 cm³/mol. The second-order valence-electron chi connectivity index (χ2n) is 7.71. The minimum Gasteiger partial charge on any atom is -0.357 e. The van der Waals surface area contributed by atoms with Gasteiger partial charge in [0.05, 0.1) is 21.9 Å². The molecule has 1 aliphatic rings. The summed E-state index contributed by atoms with van der Waals surface area (Å²) in [5.41, 5.74) is 2.01. The van der Waals surface area contributed by atoms with E-state index in [0.717, 1.165) is 24.0 Å². The van der Waals surface area contributed by atoms with Crippen molar-refractivity contribution >= 4 is 39.5 Å². The Bertz CT molecular complexity index is 1350. The fraction of sp³-hybridized carbons (Fsp3) is 0.261. The van der Waals surface area contributed by atoms with Crippen molar-refractivity contribution < 1.29 is 4.79 Å². The van der Waals surface area contributed by atoms with Crippen LogP contribution in [0.15, 0.2) is 53.3 Å². The highest BCUT2D eigenvalue weighted by atomic mass is 16.2. The Morgan fingerprint density at radius 1 is 0.935 bits per heavy atom. The van der Waals surface area contributed by atoms with Crippen molar-refractivity contribution in [2.45, 2.75) is 19.3 Å². The Morgan fingerprint density at radius 2 is 1.61 bits per heavy atom. The summed E-state index contributed by atoms with van der Waals surface area (Å²) in [6.45, 7) is 1.37. The molecule has 1 amide bonds. The second kappa shape index (κ2) is 7.79. The Labute approximate surface area is 178 Å². The first-order chi connectivity index (χ1) is 15.1. The van der Waals surface area contributed by atoms with Gasteiger partial charge in [0.1, 0.15) is 5.82 Å². The summed E-state index contributed by atoms with van der Waals surface area (Å²) < 4.78 is 0. The van der Waals surface area contributed by atoms with Crippen LogP contribution in [0.3, 0.4) is 0 Å². The number of carbonyl (C=O) groups is 1. The van der Waals surface area contributed by atoms with Gasteiger partial charge in [-0.15, -0.1) is 0 Å². The fourth-order valence-corrected chi connectivity index (χ4v) is 3.95. The third-order valence-corrected chi connectivity index (χ3v) is 5.57. The van der Waals surface area contributed by atoms with Crippen molar-refractivity contribution in [1.82, 2.24) is 19.9 Å². The van der Waals surface area contributed by atoms with Crippen molar-refractivity contribution in [3.05, 3.63) is 64.7 Å². The second-order valence-corrected chi connectivity index (χ2v) is 7.71. The largest absolute Gasteiger partial charge is 0.357 e. The fourth-order valence-electron chi connectivity index (χ4n) is 3.95. The van der Waals surface area contributed by atoms with Gasteiger partial charge in [-0.25, -0.2) is 15.0 Å². The lowest BCUT2D eigenvalue weighted by molar-refractivity contribution is -0.118. The lowest BCUT2D eigenvalue weighted by Gasteiger charge is -2.22. The number of amides is 1. The van der Waals surface area contributed by atoms with E-state index in [1.54, 1.807) is 23.1 Å². The zero-order valence-electron chi connectivity index (χ0n) is 17.2. The van der Waals surface area contributed by atoms with Crippen molar-refractivity contribution in [3.63, 3.8) is 0 Å². The molecular weight excluding hydrogens is 392 g/mol. The maximum Gasteiger partial charge on any atom is 0.258 e. The number of nitrogens with one attached hydrogen (secondary N) is 1. The van der Waals surface area contributed by atoms with E-state index in [1.165, 1.54) is 0 Å². The SMILES string of the molecule is CN1CCCN(C(=O)CCc2nc3ccccc3c(=O)[nH]2)c2nc3ccccc3nc21. The maximum absolute atomic E-state index is 13.2. The Hall–Kier alpha value is -3.81. The lowest BCUT2D eigenvalue weighted by atomic mass is 10.2. The number of nitrogens with zero attached hydrogens (tertiary/aromatic N) is 5. The third-order valence-electron chi connectivity index (χ3n) is 5.57. The van der Waals surface area contributed by atoms with Gasteiger partial charge in [0, 0.05) is 33.0 Å². The summed E-state index contributed by atoms with van der Waals surface area (Å²) >= 11 is 0. The van der Waals surface area contributed by atoms with Crippen LogP contribution in [0.4, 0.5) is 11.6 Å². The molecule has 31 heavy (non-hydrogen) atoms. The molecule has 0 aliphatic carbocycles. The number of hydrogen-bond donors (Lipinski definition) is 1. The number of aromatic amines is 1. The minimum absolute atomic E-state index is 0.0584. The van der Waals surface area contributed by atoms with Gasteiger partial charge >= 0.3 is 0 Å². The van der Waals surface area contributed by atoms with Gasteiger partial charge < -0.3 is 9.88 Å². The molecule has 0 spiro atoms. The highest BCUT2D eigenvalue weighted by Gasteiger charge is 2.26. The number of H-pyrrole nitrogens is 1. The maximum atomic E-state index is 13.2. The first-order valence-electron chi connectivity index (χ1n) is 10.4. The molecule has 0 atom stereocenters. The minimum atomic E-state index is -0.188. The molecule has 0 bridgehead atoms. The van der Waals surface area contributed by atoms with Gasteiger partial charge in [0.15, 0.2) is 11.6 Å². The van der Waals surface area contributed by atoms with Crippen LogP contribution in [0.25, 0.3) is 21.9 Å². The predicted octanol–water partition coefficient (Wildman–Crippen LogP) is 2.67. The van der Waals surface area contributed by atoms with E-state index >= 15 is 0 Å². The molecule has 0 unspecified atom stereocenters. The molecule has 0 fully saturated rings. The lowest BCUT2D eigenvalue weighted by Crippen LogP contribution is -2.33. The zero-order chi connectivity index (χ0) is 21.4. The summed E-state index contributed by atoms with van der Waals surface area (Å²) in [5, 5.41) is 0.546. The molecule has 1 N–H and O–H groups in total. The number of benzene rings is 2. The number of rotatable bonds is 3. The normalized spacial score (nSPS) is 14.0. The van der Waals surface area contributed by atoms with Crippen LogP contribution < -0.4 is 15.4 Å². The summed E-state index contributed by atoms with van der Waals surface area (Å²) in [4.78, 5) is 46.1. The van der Waals surface area contributed by atoms with Crippen LogP contribution >= 0.6 is 0 Å². The van der Waals surface area contributed by atoms with Crippen LogP contribution in [-0.4, -0.2) is 46.0 Å². The van der Waals surface area contributed by atoms with Crippen LogP contribution in [0.5, 0.6) is 0 Å². The molecule has 1 aliphatic heterocycles. The van der Waals surface area contributed by atoms with Gasteiger partial charge in [0.2, 0.25) is 5.91 Å². The highest BCUT2D eigenvalue weighted by molar-refractivity contribution is 5.97. The van der Waals surface area contributed by atoms with Crippen LogP contribution in [0, 0.1) is 0 Å². The zero-order valence-corrected chi connectivity index (χ0v) is 17.2. The van der Waals surface area contributed by atoms with Crippen molar-refractivity contribution in [2.24, 2.45) is 0 Å². The van der Waals surface area contributed by atoms with Crippen LogP contribution in [0.1, 0.15) is 18.7 Å². The summed E-state index contributed by atoms with van der Waals surface area (Å²) in [6, 6.07) is 14.9. The molecule has 0 radical (unpaired) electrons. The number of anilines is 2. The summed E-state index contributed by atoms with van der Waals surface area (Å²) in [7, 11) is 1.97. The van der Waals surface area contributed by atoms with E-state index in [4.69, 9.17) is 9.97 Å². The van der Waals surface area contributed by atoms with Gasteiger partial charge in [-0.2, -0.15) is 0 Å². The third kappa shape index (κ3) is 3.61. The summed E-state index contributed by atoms with van der Waals surface area (Å²) in [5.74, 6) is 1.75. The molecule has 156 valence electrons. The van der Waals surface area contributed by atoms with E-state index in [9.17, 15) is 9.59 Å². The topological polar surface area (TPSA) is 95.1 Å². The Balaban J connectivity index is 1.44. The molecule has 4 aromatic rings. The highest BCUT2D eigenvalue weighted by Crippen LogP contribution is 2.30. The molecule has 2 aromatic carbocycles. The van der Waals surface area contributed by atoms with E-state index in [-0.39, 0.29) is 17.9 Å². The van der Waals surface area contributed by atoms with E-state index in [0.29, 0.717) is 41.3 Å². The number of fused-ring (bicyclic) bond motifs is 3. The molecule has 0 saturated carbocycles. The molecule has 8 heteroatoms. The molecule has 5 rings (SSSR count). The number of aryl methyl sites for hydroxylation is 1. The molecule has 8 nitrogen and oxygen atoms in total. The Morgan fingerprint density at radius 3 is 2.39 bits per heavy atom. The van der Waals surface area contributed by atoms with E-state index in [1.807, 2.05) is 42.3 Å². The standard InChI is InChI=1S/C23H22N6O2/c1-28-13-6-14-29(22-21(28)25-17-9-4-5-10-18(17)26-22)20(30)12-11-19-24-16-8-3-2-7-15(16)23(31)27-19/h2-5,7-10H,6,11-14H2,1H3,(H,24,27,31). The molecule has 0 saturated heterocycles. The van der Waals surface area contributed by atoms with E-state index < -0.39 is 0 Å². The number of hydrogen-bond acceptors (Lipinski definition) is 6. The van der Waals surface area contributed by atoms with Crippen molar-refractivity contribution in [3.8, 4) is 0 Å². The smallest absolute Gasteiger partial charge is 0.258 e. The number of carbonyl (C=O) groups excluding carboxylic acids is 1. The number of aromatic nitrogens is 4. The first-order valence-corrected chi connectivity index (χ1v) is 10.4. The number of para-hydroxylation sites is 3. The quantitative estimate of drug-likeness (QED) is 0.554. The van der Waals surface area contributed by atoms with Gasteiger partial charge in [-0.1, -0.05) is 24.3 Å². The summed E-state index contributed by atoms with van der Waals surface area (Å²) in [6.07, 6.45) is 1.39. The Kier molecular flexibility index (Phi) is 4.82. The molecule has 3 heterocycles. The van der Waals surface area contributed by atoms with Crippen molar-refractivity contribution in [1.29, 1.82) is 0 Å². The van der Waals surface area contributed by atoms with Crippen LogP contribution in [-0.2, 0) is 11.2 Å². The van der Waals surface area contributed by atoms with Gasteiger partial charge in [-0.3, -0.25) is 14.5 Å². The first kappa shape index (κ1) is 19.2. The van der Waals surface area contributed by atoms with Crippen LogP contribution in [0.2, 0.25) is 0 Å². The van der Waals surface area contributed by atoms with Gasteiger partial charge in [-0.05, 0) is 30.7 Å². The van der Waals surface area contributed by atoms with Crippen molar-refractivity contribution in [2.75, 3.05) is 29.9 Å². The van der Waals surface area contributed by atoms with Gasteiger partial charge in [0.25, 0.3) is 5.56 Å². The average Bonchev–Trinajstić information content (AvgIpc) is 2.95. The van der Waals surface area contributed by atoms with E-state index in [2.05, 4.69) is 9.97 Å².